The van der Waals surface area contributed by atoms with Gasteiger partial charge in [-0.2, -0.15) is 0 Å². The van der Waals surface area contributed by atoms with Crippen LogP contribution in [0.4, 0.5) is 20.9 Å². The van der Waals surface area contributed by atoms with Crippen LogP contribution in [0, 0.1) is 15.9 Å². The van der Waals surface area contributed by atoms with Crippen LogP contribution in [-0.4, -0.2) is 28.8 Å². The molecule has 0 fully saturated rings. The number of rotatable bonds is 6. The van der Waals surface area contributed by atoms with E-state index in [0.717, 1.165) is 17.4 Å². The van der Waals surface area contributed by atoms with Gasteiger partial charge in [0.15, 0.2) is 10.9 Å². The first kappa shape index (κ1) is 20.9. The van der Waals surface area contributed by atoms with E-state index < -0.39 is 16.6 Å². The predicted molar refractivity (Wildman–Crippen MR) is 109 cm³/mol. The Bertz CT molecular complexity index is 1150. The number of hydrogen-bond donors (Lipinski definition) is 2. The van der Waals surface area contributed by atoms with Crippen LogP contribution in [0.2, 0.25) is 0 Å². The Labute approximate surface area is 173 Å². The molecule has 3 aromatic rings. The number of hydrogen-bond acceptors (Lipinski definition) is 7. The summed E-state index contributed by atoms with van der Waals surface area (Å²) in [6.45, 7) is 1.32. The molecule has 0 aliphatic rings. The molecule has 9 nitrogen and oxygen atoms in total. The molecule has 0 aliphatic heterocycles. The smallest absolute Gasteiger partial charge is 0.311 e. The van der Waals surface area contributed by atoms with Crippen LogP contribution in [0.5, 0.6) is 5.75 Å². The minimum Gasteiger partial charge on any atom is -0.490 e. The number of thiazole rings is 1. The lowest BCUT2D eigenvalue weighted by atomic mass is 10.1. The van der Waals surface area contributed by atoms with E-state index in [1.54, 1.807) is 5.38 Å². The largest absolute Gasteiger partial charge is 0.490 e. The van der Waals surface area contributed by atoms with Crippen molar-refractivity contribution in [2.75, 3.05) is 17.7 Å². The quantitative estimate of drug-likeness (QED) is 0.449. The Kier molecular flexibility index (Phi) is 6.02. The van der Waals surface area contributed by atoms with Crippen LogP contribution in [0.15, 0.2) is 41.8 Å². The SMILES string of the molecule is COc1ccc(C(=O)Nc2nc(-c3ccc(NC(C)=O)cc3F)cs2)cc1[N+](=O)[O-]. The number of benzene rings is 2. The first-order valence-electron chi connectivity index (χ1n) is 8.45. The van der Waals surface area contributed by atoms with Crippen LogP contribution in [0.3, 0.4) is 0 Å². The van der Waals surface area contributed by atoms with Gasteiger partial charge in [-0.05, 0) is 30.3 Å². The highest BCUT2D eigenvalue weighted by atomic mass is 32.1. The summed E-state index contributed by atoms with van der Waals surface area (Å²) in [5, 5.41) is 17.9. The van der Waals surface area contributed by atoms with Gasteiger partial charge in [-0.1, -0.05) is 0 Å². The summed E-state index contributed by atoms with van der Waals surface area (Å²) in [5.41, 5.74) is 0.508. The normalized spacial score (nSPS) is 10.4. The summed E-state index contributed by atoms with van der Waals surface area (Å²) < 4.78 is 19.3. The fourth-order valence-electron chi connectivity index (χ4n) is 2.60. The second kappa shape index (κ2) is 8.66. The summed E-state index contributed by atoms with van der Waals surface area (Å²) in [6, 6.07) is 7.98. The maximum atomic E-state index is 14.4. The van der Waals surface area contributed by atoms with E-state index in [9.17, 15) is 24.1 Å². The number of ether oxygens (including phenoxy) is 1. The van der Waals surface area contributed by atoms with Gasteiger partial charge in [0.05, 0.1) is 17.7 Å². The zero-order valence-corrected chi connectivity index (χ0v) is 16.6. The first-order valence-corrected chi connectivity index (χ1v) is 9.33. The maximum absolute atomic E-state index is 14.4. The number of halogens is 1. The number of anilines is 2. The van der Waals surface area contributed by atoms with Gasteiger partial charge in [-0.15, -0.1) is 11.3 Å². The Balaban J connectivity index is 1.79. The molecule has 0 spiro atoms. The number of nitro benzene ring substituents is 1. The van der Waals surface area contributed by atoms with Gasteiger partial charge >= 0.3 is 5.69 Å². The third-order valence-corrected chi connectivity index (χ3v) is 4.69. The van der Waals surface area contributed by atoms with E-state index in [2.05, 4.69) is 15.6 Å². The first-order chi connectivity index (χ1) is 14.3. The summed E-state index contributed by atoms with van der Waals surface area (Å²) in [4.78, 5) is 38.1. The minimum atomic E-state index is -0.648. The Morgan fingerprint density at radius 1 is 1.20 bits per heavy atom. The van der Waals surface area contributed by atoms with Gasteiger partial charge in [0.1, 0.15) is 5.82 Å². The van der Waals surface area contributed by atoms with Crippen molar-refractivity contribution in [1.82, 2.24) is 4.98 Å². The Morgan fingerprint density at radius 2 is 1.97 bits per heavy atom. The van der Waals surface area contributed by atoms with E-state index in [0.29, 0.717) is 11.4 Å². The van der Waals surface area contributed by atoms with Crippen LogP contribution in [0.1, 0.15) is 17.3 Å². The molecule has 0 unspecified atom stereocenters. The summed E-state index contributed by atoms with van der Waals surface area (Å²) >= 11 is 1.07. The molecular formula is C19H15FN4O5S. The maximum Gasteiger partial charge on any atom is 0.311 e. The van der Waals surface area contributed by atoms with Crippen molar-refractivity contribution in [1.29, 1.82) is 0 Å². The average Bonchev–Trinajstić information content (AvgIpc) is 3.15. The highest BCUT2D eigenvalue weighted by Crippen LogP contribution is 2.30. The molecular weight excluding hydrogens is 415 g/mol. The molecule has 2 amide bonds. The summed E-state index contributed by atoms with van der Waals surface area (Å²) in [6.07, 6.45) is 0. The van der Waals surface area contributed by atoms with E-state index in [1.165, 1.54) is 44.4 Å². The average molecular weight is 430 g/mol. The number of nitro groups is 1. The molecule has 0 saturated heterocycles. The Hall–Kier alpha value is -3.86. The molecule has 154 valence electrons. The van der Waals surface area contributed by atoms with Crippen molar-refractivity contribution in [3.63, 3.8) is 0 Å². The van der Waals surface area contributed by atoms with E-state index in [1.807, 2.05) is 0 Å². The van der Waals surface area contributed by atoms with Gasteiger partial charge in [-0.25, -0.2) is 9.37 Å². The number of carbonyl (C=O) groups is 2. The van der Waals surface area contributed by atoms with E-state index in [4.69, 9.17) is 4.74 Å². The van der Waals surface area contributed by atoms with Crippen LogP contribution in [-0.2, 0) is 4.79 Å². The van der Waals surface area contributed by atoms with Crippen molar-refractivity contribution in [2.24, 2.45) is 0 Å². The molecule has 2 aromatic carbocycles. The molecule has 1 aromatic heterocycles. The monoisotopic (exact) mass is 430 g/mol. The number of aromatic nitrogens is 1. The zero-order valence-electron chi connectivity index (χ0n) is 15.8. The molecule has 2 N–H and O–H groups in total. The van der Waals surface area contributed by atoms with E-state index in [-0.39, 0.29) is 33.6 Å². The number of carbonyl (C=O) groups excluding carboxylic acids is 2. The number of methoxy groups -OCH3 is 1. The van der Waals surface area contributed by atoms with Crippen molar-refractivity contribution < 1.29 is 23.6 Å². The van der Waals surface area contributed by atoms with Gasteiger partial charge in [0.25, 0.3) is 5.91 Å². The molecule has 0 saturated carbocycles. The van der Waals surface area contributed by atoms with Gasteiger partial charge in [-0.3, -0.25) is 25.0 Å². The van der Waals surface area contributed by atoms with Gasteiger partial charge < -0.3 is 10.1 Å². The second-order valence-electron chi connectivity index (χ2n) is 6.01. The molecule has 11 heteroatoms. The number of nitrogens with one attached hydrogen (secondary N) is 2. The van der Waals surface area contributed by atoms with Gasteiger partial charge in [0, 0.05) is 35.2 Å². The Morgan fingerprint density at radius 3 is 2.60 bits per heavy atom. The molecule has 1 heterocycles. The van der Waals surface area contributed by atoms with Crippen molar-refractivity contribution in [3.8, 4) is 17.0 Å². The lowest BCUT2D eigenvalue weighted by Crippen LogP contribution is -2.12. The fraction of sp³-hybridized carbons (Fsp3) is 0.105. The minimum absolute atomic E-state index is 0.0336. The highest BCUT2D eigenvalue weighted by molar-refractivity contribution is 7.14. The van der Waals surface area contributed by atoms with Gasteiger partial charge in [0.2, 0.25) is 5.91 Å². The van der Waals surface area contributed by atoms with Crippen LogP contribution in [0.25, 0.3) is 11.3 Å². The summed E-state index contributed by atoms with van der Waals surface area (Å²) in [7, 11) is 1.29. The molecule has 0 radical (unpaired) electrons. The molecule has 0 atom stereocenters. The standard InChI is InChI=1S/C19H15FN4O5S/c1-10(25)21-12-4-5-13(14(20)8-12)15-9-30-19(22-15)23-18(26)11-3-6-17(29-2)16(7-11)24(27)28/h3-9H,1-2H3,(H,21,25)(H,22,23,26). The van der Waals surface area contributed by atoms with E-state index >= 15 is 0 Å². The fourth-order valence-corrected chi connectivity index (χ4v) is 3.31. The third kappa shape index (κ3) is 4.58. The summed E-state index contributed by atoms with van der Waals surface area (Å²) in [5.74, 6) is -1.48. The lowest BCUT2D eigenvalue weighted by molar-refractivity contribution is -0.385. The molecule has 3 rings (SSSR count). The number of amides is 2. The van der Waals surface area contributed by atoms with Crippen LogP contribution >= 0.6 is 11.3 Å². The molecule has 30 heavy (non-hydrogen) atoms. The molecule has 0 bridgehead atoms. The highest BCUT2D eigenvalue weighted by Gasteiger charge is 2.19. The van der Waals surface area contributed by atoms with Crippen LogP contribution < -0.4 is 15.4 Å². The predicted octanol–water partition coefficient (Wildman–Crippen LogP) is 4.08. The molecule has 0 aliphatic carbocycles. The topological polar surface area (TPSA) is 123 Å². The third-order valence-electron chi connectivity index (χ3n) is 3.93. The van der Waals surface area contributed by atoms with Crippen molar-refractivity contribution in [3.05, 3.63) is 63.3 Å². The second-order valence-corrected chi connectivity index (χ2v) is 6.87. The lowest BCUT2D eigenvalue weighted by Gasteiger charge is -2.05. The van der Waals surface area contributed by atoms with Crippen molar-refractivity contribution >= 4 is 39.7 Å². The zero-order chi connectivity index (χ0) is 21.8. The van der Waals surface area contributed by atoms with Crippen molar-refractivity contribution in [2.45, 2.75) is 6.92 Å². The number of nitrogens with zero attached hydrogens (tertiary/aromatic N) is 2.